The molecule has 1 aliphatic carbocycles. The van der Waals surface area contributed by atoms with Gasteiger partial charge in [0.05, 0.1) is 14.2 Å². The Morgan fingerprint density at radius 1 is 1.00 bits per heavy atom. The molecule has 0 bridgehead atoms. The standard InChI is InChI=1S/C13H16N2O6/c1-18-9(16)7-5-20-11(14-7)13(3-4-13)12-15-8(6-21-12)10(17)19-2/h7-8H,3-6H2,1-2H3/t7-,8-/m0/s1. The summed E-state index contributed by atoms with van der Waals surface area (Å²) in [6.45, 7) is 0.328. The second-order valence-corrected chi connectivity index (χ2v) is 5.15. The van der Waals surface area contributed by atoms with E-state index < -0.39 is 29.4 Å². The van der Waals surface area contributed by atoms with Gasteiger partial charge in [-0.25, -0.2) is 19.6 Å². The van der Waals surface area contributed by atoms with Gasteiger partial charge in [0.15, 0.2) is 23.9 Å². The maximum atomic E-state index is 11.5. The van der Waals surface area contributed by atoms with E-state index >= 15 is 0 Å². The van der Waals surface area contributed by atoms with Crippen LogP contribution in [0.1, 0.15) is 12.8 Å². The lowest BCUT2D eigenvalue weighted by Gasteiger charge is -2.13. The average molecular weight is 296 g/mol. The largest absolute Gasteiger partial charge is 0.477 e. The van der Waals surface area contributed by atoms with Crippen LogP contribution in [-0.2, 0) is 28.5 Å². The van der Waals surface area contributed by atoms with Gasteiger partial charge in [0.1, 0.15) is 18.6 Å². The van der Waals surface area contributed by atoms with E-state index in [2.05, 4.69) is 19.5 Å². The van der Waals surface area contributed by atoms with Crippen LogP contribution in [0.3, 0.4) is 0 Å². The predicted octanol–water partition coefficient (Wildman–Crippen LogP) is -0.293. The molecule has 3 aliphatic rings. The number of nitrogens with zero attached hydrogens (tertiary/aromatic N) is 2. The van der Waals surface area contributed by atoms with Crippen LogP contribution in [0.25, 0.3) is 0 Å². The summed E-state index contributed by atoms with van der Waals surface area (Å²) in [5.74, 6) is 0.0364. The highest BCUT2D eigenvalue weighted by Crippen LogP contribution is 2.51. The van der Waals surface area contributed by atoms with E-state index in [1.165, 1.54) is 14.2 Å². The van der Waals surface area contributed by atoms with Gasteiger partial charge in [-0.15, -0.1) is 0 Å². The fourth-order valence-corrected chi connectivity index (χ4v) is 2.43. The Balaban J connectivity index is 1.77. The maximum absolute atomic E-state index is 11.5. The van der Waals surface area contributed by atoms with Crippen LogP contribution in [0.2, 0.25) is 0 Å². The number of esters is 2. The van der Waals surface area contributed by atoms with E-state index in [1.807, 2.05) is 0 Å². The van der Waals surface area contributed by atoms with Gasteiger partial charge in [-0.1, -0.05) is 0 Å². The molecular weight excluding hydrogens is 280 g/mol. The zero-order valence-electron chi connectivity index (χ0n) is 11.8. The number of carbonyl (C=O) groups is 2. The molecule has 0 saturated heterocycles. The average Bonchev–Trinajstić information content (AvgIpc) is 2.97. The highest BCUT2D eigenvalue weighted by atomic mass is 16.5. The molecule has 2 atom stereocenters. The quantitative estimate of drug-likeness (QED) is 0.661. The molecule has 2 heterocycles. The summed E-state index contributed by atoms with van der Waals surface area (Å²) in [4.78, 5) is 31.5. The van der Waals surface area contributed by atoms with Gasteiger partial charge in [-0.3, -0.25) is 0 Å². The highest BCUT2D eigenvalue weighted by Gasteiger charge is 2.59. The zero-order valence-corrected chi connectivity index (χ0v) is 11.8. The molecule has 1 fully saturated rings. The van der Waals surface area contributed by atoms with E-state index in [9.17, 15) is 9.59 Å². The summed E-state index contributed by atoms with van der Waals surface area (Å²) < 4.78 is 20.4. The summed E-state index contributed by atoms with van der Waals surface area (Å²) in [6, 6.07) is -1.28. The van der Waals surface area contributed by atoms with Crippen molar-refractivity contribution in [2.75, 3.05) is 27.4 Å². The van der Waals surface area contributed by atoms with E-state index in [-0.39, 0.29) is 13.2 Å². The van der Waals surface area contributed by atoms with Crippen molar-refractivity contribution in [2.45, 2.75) is 24.9 Å². The Kier molecular flexibility index (Phi) is 3.30. The van der Waals surface area contributed by atoms with Crippen molar-refractivity contribution >= 4 is 23.7 Å². The monoisotopic (exact) mass is 296 g/mol. The molecule has 114 valence electrons. The van der Waals surface area contributed by atoms with Crippen molar-refractivity contribution in [3.05, 3.63) is 0 Å². The maximum Gasteiger partial charge on any atom is 0.334 e. The number of methoxy groups -OCH3 is 2. The van der Waals surface area contributed by atoms with Gasteiger partial charge in [-0.2, -0.15) is 0 Å². The fraction of sp³-hybridized carbons (Fsp3) is 0.692. The van der Waals surface area contributed by atoms with Crippen LogP contribution in [0.15, 0.2) is 9.98 Å². The smallest absolute Gasteiger partial charge is 0.334 e. The lowest BCUT2D eigenvalue weighted by Crippen LogP contribution is -2.26. The van der Waals surface area contributed by atoms with E-state index in [4.69, 9.17) is 9.47 Å². The van der Waals surface area contributed by atoms with E-state index in [0.29, 0.717) is 11.8 Å². The van der Waals surface area contributed by atoms with Crippen molar-refractivity contribution < 1.29 is 28.5 Å². The van der Waals surface area contributed by atoms with E-state index in [1.54, 1.807) is 0 Å². The number of aliphatic imine (C=N–C) groups is 2. The first-order valence-electron chi connectivity index (χ1n) is 6.68. The van der Waals surface area contributed by atoms with Gasteiger partial charge < -0.3 is 18.9 Å². The molecule has 2 aliphatic heterocycles. The summed E-state index contributed by atoms with van der Waals surface area (Å²) in [5.41, 5.74) is -0.522. The molecule has 3 rings (SSSR count). The molecule has 0 aromatic heterocycles. The van der Waals surface area contributed by atoms with Crippen LogP contribution in [-0.4, -0.2) is 63.3 Å². The number of hydrogen-bond acceptors (Lipinski definition) is 8. The van der Waals surface area contributed by atoms with Gasteiger partial charge in [0.2, 0.25) is 0 Å². The summed E-state index contributed by atoms with van der Waals surface area (Å²) in [5, 5.41) is 0. The number of rotatable bonds is 4. The van der Waals surface area contributed by atoms with Crippen molar-refractivity contribution in [1.29, 1.82) is 0 Å². The first-order valence-corrected chi connectivity index (χ1v) is 6.68. The Hall–Kier alpha value is -2.12. The third kappa shape index (κ3) is 2.24. The SMILES string of the molecule is COC(=O)[C@@H]1COC(C2(C3=N[C@H](C(=O)OC)CO3)CC2)=N1. The van der Waals surface area contributed by atoms with Crippen LogP contribution in [0.4, 0.5) is 0 Å². The molecule has 0 unspecified atom stereocenters. The minimum atomic E-state index is -0.638. The Bertz CT molecular complexity index is 493. The second kappa shape index (κ2) is 5.01. The number of ether oxygens (including phenoxy) is 4. The first kappa shape index (κ1) is 13.8. The van der Waals surface area contributed by atoms with Crippen LogP contribution < -0.4 is 0 Å². The van der Waals surface area contributed by atoms with Crippen LogP contribution in [0, 0.1) is 5.41 Å². The zero-order chi connectivity index (χ0) is 15.0. The number of hydrogen-bond donors (Lipinski definition) is 0. The van der Waals surface area contributed by atoms with Crippen molar-refractivity contribution in [3.63, 3.8) is 0 Å². The Morgan fingerprint density at radius 3 is 1.76 bits per heavy atom. The van der Waals surface area contributed by atoms with Gasteiger partial charge in [0.25, 0.3) is 0 Å². The van der Waals surface area contributed by atoms with Gasteiger partial charge in [0, 0.05) is 0 Å². The van der Waals surface area contributed by atoms with Crippen molar-refractivity contribution in [3.8, 4) is 0 Å². The first-order chi connectivity index (χ1) is 10.1. The van der Waals surface area contributed by atoms with Gasteiger partial charge in [-0.05, 0) is 12.8 Å². The molecule has 1 saturated carbocycles. The summed E-state index contributed by atoms with van der Waals surface area (Å²) in [7, 11) is 2.63. The molecular formula is C13H16N2O6. The molecule has 0 spiro atoms. The molecule has 0 aromatic rings. The third-order valence-corrected chi connectivity index (χ3v) is 3.82. The molecule has 8 nitrogen and oxygen atoms in total. The Labute approximate surface area is 121 Å². The summed E-state index contributed by atoms with van der Waals surface area (Å²) >= 11 is 0. The predicted molar refractivity (Wildman–Crippen MR) is 70.0 cm³/mol. The Morgan fingerprint density at radius 2 is 1.43 bits per heavy atom. The lowest BCUT2D eigenvalue weighted by molar-refractivity contribution is -0.143. The van der Waals surface area contributed by atoms with Gasteiger partial charge >= 0.3 is 11.9 Å². The van der Waals surface area contributed by atoms with E-state index in [0.717, 1.165) is 12.8 Å². The molecule has 0 N–H and O–H groups in total. The van der Waals surface area contributed by atoms with Crippen molar-refractivity contribution in [1.82, 2.24) is 0 Å². The van der Waals surface area contributed by atoms with Crippen LogP contribution in [0.5, 0.6) is 0 Å². The topological polar surface area (TPSA) is 95.8 Å². The van der Waals surface area contributed by atoms with Crippen molar-refractivity contribution in [2.24, 2.45) is 15.4 Å². The van der Waals surface area contributed by atoms with Crippen LogP contribution >= 0.6 is 0 Å². The minimum absolute atomic E-state index is 0.164. The highest BCUT2D eigenvalue weighted by molar-refractivity contribution is 6.10. The third-order valence-electron chi connectivity index (χ3n) is 3.82. The molecule has 8 heteroatoms. The molecule has 0 aromatic carbocycles. The fourth-order valence-electron chi connectivity index (χ4n) is 2.43. The normalized spacial score (nSPS) is 28.9. The lowest BCUT2D eigenvalue weighted by atomic mass is 10.1. The molecule has 0 amide bonds. The number of carbonyl (C=O) groups excluding carboxylic acids is 2. The summed E-state index contributed by atoms with van der Waals surface area (Å²) in [6.07, 6.45) is 1.54. The second-order valence-electron chi connectivity index (χ2n) is 5.15. The minimum Gasteiger partial charge on any atom is -0.477 e. The molecule has 21 heavy (non-hydrogen) atoms. The molecule has 0 radical (unpaired) electrons.